The van der Waals surface area contributed by atoms with Crippen LogP contribution in [0.4, 0.5) is 5.69 Å². The number of benzene rings is 2. The molecular weight excluding hydrogens is 246 g/mol. The van der Waals surface area contributed by atoms with Gasteiger partial charge in [0.1, 0.15) is 0 Å². The van der Waals surface area contributed by atoms with Crippen LogP contribution in [0.1, 0.15) is 15.9 Å². The Morgan fingerprint density at radius 3 is 2.22 bits per heavy atom. The van der Waals surface area contributed by atoms with Gasteiger partial charge in [0.05, 0.1) is 0 Å². The molecule has 0 spiro atoms. The van der Waals surface area contributed by atoms with Crippen LogP contribution in [0.3, 0.4) is 0 Å². The molecule has 0 atom stereocenters. The molecule has 0 fully saturated rings. The molecule has 0 N–H and O–H groups in total. The molecule has 0 aromatic heterocycles. The van der Waals surface area contributed by atoms with Crippen molar-refractivity contribution in [1.82, 2.24) is 0 Å². The molecule has 0 aliphatic rings. The Morgan fingerprint density at radius 2 is 1.67 bits per heavy atom. The van der Waals surface area contributed by atoms with Crippen molar-refractivity contribution in [2.75, 3.05) is 19.0 Å². The Kier molecular flexibility index (Phi) is 3.68. The maximum Gasteiger partial charge on any atom is 0.193 e. The van der Waals surface area contributed by atoms with Gasteiger partial charge in [0.25, 0.3) is 0 Å². The largest absolute Gasteiger partial charge is 0.378 e. The second-order valence-electron chi connectivity index (χ2n) is 4.28. The van der Waals surface area contributed by atoms with Gasteiger partial charge in [0, 0.05) is 35.9 Å². The van der Waals surface area contributed by atoms with Gasteiger partial charge in [-0.1, -0.05) is 23.7 Å². The molecule has 3 heteroatoms. The minimum Gasteiger partial charge on any atom is -0.378 e. The Morgan fingerprint density at radius 1 is 1.00 bits per heavy atom. The third kappa shape index (κ3) is 2.71. The summed E-state index contributed by atoms with van der Waals surface area (Å²) in [5.74, 6) is -0.0113. The minimum absolute atomic E-state index is 0.0113. The highest BCUT2D eigenvalue weighted by atomic mass is 35.5. The molecule has 2 aromatic carbocycles. The van der Waals surface area contributed by atoms with Gasteiger partial charge < -0.3 is 4.90 Å². The molecular formula is C15H14ClNO. The van der Waals surface area contributed by atoms with E-state index in [1.54, 1.807) is 24.3 Å². The van der Waals surface area contributed by atoms with Crippen LogP contribution < -0.4 is 4.90 Å². The van der Waals surface area contributed by atoms with E-state index in [-0.39, 0.29) is 5.78 Å². The maximum atomic E-state index is 12.2. The average molecular weight is 260 g/mol. The lowest BCUT2D eigenvalue weighted by molar-refractivity contribution is 0.103. The number of halogens is 1. The summed E-state index contributed by atoms with van der Waals surface area (Å²) in [4.78, 5) is 14.2. The zero-order chi connectivity index (χ0) is 13.1. The maximum absolute atomic E-state index is 12.2. The lowest BCUT2D eigenvalue weighted by Gasteiger charge is -2.12. The van der Waals surface area contributed by atoms with Gasteiger partial charge in [-0.2, -0.15) is 0 Å². The predicted octanol–water partition coefficient (Wildman–Crippen LogP) is 3.64. The van der Waals surface area contributed by atoms with Gasteiger partial charge in [-0.15, -0.1) is 0 Å². The summed E-state index contributed by atoms with van der Waals surface area (Å²) >= 11 is 5.88. The highest BCUT2D eigenvalue weighted by Gasteiger charge is 2.09. The van der Waals surface area contributed by atoms with E-state index in [9.17, 15) is 4.79 Å². The molecule has 92 valence electrons. The SMILES string of the molecule is CN(C)c1ccc(C(=O)c2cccc(Cl)c2)cc1. The molecule has 0 radical (unpaired) electrons. The molecule has 0 saturated carbocycles. The Labute approximate surface area is 112 Å². The van der Waals surface area contributed by atoms with Gasteiger partial charge in [-0.25, -0.2) is 0 Å². The smallest absolute Gasteiger partial charge is 0.193 e. The van der Waals surface area contributed by atoms with E-state index in [2.05, 4.69) is 0 Å². The van der Waals surface area contributed by atoms with Gasteiger partial charge in [-0.3, -0.25) is 4.79 Å². The Hall–Kier alpha value is -1.80. The molecule has 0 bridgehead atoms. The van der Waals surface area contributed by atoms with E-state index >= 15 is 0 Å². The Bertz CT molecular complexity index is 561. The summed E-state index contributed by atoms with van der Waals surface area (Å²) in [6.07, 6.45) is 0. The van der Waals surface area contributed by atoms with E-state index in [4.69, 9.17) is 11.6 Å². The Balaban J connectivity index is 2.29. The van der Waals surface area contributed by atoms with Crippen LogP contribution in [-0.2, 0) is 0 Å². The first-order chi connectivity index (χ1) is 8.58. The fourth-order valence-electron chi connectivity index (χ4n) is 1.71. The lowest BCUT2D eigenvalue weighted by atomic mass is 10.0. The third-order valence-corrected chi connectivity index (χ3v) is 2.97. The fraction of sp³-hybridized carbons (Fsp3) is 0.133. The molecule has 0 aliphatic carbocycles. The van der Waals surface area contributed by atoms with E-state index in [0.29, 0.717) is 16.1 Å². The van der Waals surface area contributed by atoms with Crippen LogP contribution in [0.2, 0.25) is 5.02 Å². The van der Waals surface area contributed by atoms with Gasteiger partial charge in [0.15, 0.2) is 5.78 Å². The van der Waals surface area contributed by atoms with Crippen LogP contribution in [0, 0.1) is 0 Å². The van der Waals surface area contributed by atoms with E-state index < -0.39 is 0 Å². The molecule has 0 saturated heterocycles. The van der Waals surface area contributed by atoms with Crippen molar-refractivity contribution < 1.29 is 4.79 Å². The second kappa shape index (κ2) is 5.23. The summed E-state index contributed by atoms with van der Waals surface area (Å²) < 4.78 is 0. The summed E-state index contributed by atoms with van der Waals surface area (Å²) in [6.45, 7) is 0. The second-order valence-corrected chi connectivity index (χ2v) is 4.72. The number of hydrogen-bond acceptors (Lipinski definition) is 2. The zero-order valence-electron chi connectivity index (χ0n) is 10.4. The van der Waals surface area contributed by atoms with Crippen molar-refractivity contribution in [2.45, 2.75) is 0 Å². The number of carbonyl (C=O) groups is 1. The average Bonchev–Trinajstić information content (AvgIpc) is 2.38. The topological polar surface area (TPSA) is 20.3 Å². The summed E-state index contributed by atoms with van der Waals surface area (Å²) in [5.41, 5.74) is 2.35. The number of nitrogens with zero attached hydrogens (tertiary/aromatic N) is 1. The van der Waals surface area contributed by atoms with Crippen LogP contribution in [0.5, 0.6) is 0 Å². The van der Waals surface area contributed by atoms with E-state index in [1.807, 2.05) is 43.3 Å². The molecule has 0 amide bonds. The minimum atomic E-state index is -0.0113. The number of ketones is 1. The van der Waals surface area contributed by atoms with Crippen LogP contribution in [-0.4, -0.2) is 19.9 Å². The fourth-order valence-corrected chi connectivity index (χ4v) is 1.90. The highest BCUT2D eigenvalue weighted by Crippen LogP contribution is 2.17. The molecule has 2 aromatic rings. The number of anilines is 1. The standard InChI is InChI=1S/C15H14ClNO/c1-17(2)14-8-6-11(7-9-14)15(18)12-4-3-5-13(16)10-12/h3-10H,1-2H3. The van der Waals surface area contributed by atoms with Crippen molar-refractivity contribution in [3.63, 3.8) is 0 Å². The molecule has 18 heavy (non-hydrogen) atoms. The molecule has 0 unspecified atom stereocenters. The van der Waals surface area contributed by atoms with Crippen molar-refractivity contribution in [3.05, 3.63) is 64.7 Å². The third-order valence-electron chi connectivity index (χ3n) is 2.73. The lowest BCUT2D eigenvalue weighted by Crippen LogP contribution is -2.09. The quantitative estimate of drug-likeness (QED) is 0.785. The molecule has 0 aliphatic heterocycles. The van der Waals surface area contributed by atoms with E-state index in [0.717, 1.165) is 5.69 Å². The molecule has 2 nitrogen and oxygen atoms in total. The normalized spacial score (nSPS) is 10.2. The van der Waals surface area contributed by atoms with Crippen LogP contribution in [0.15, 0.2) is 48.5 Å². The first-order valence-corrected chi connectivity index (χ1v) is 6.03. The summed E-state index contributed by atoms with van der Waals surface area (Å²) in [5, 5.41) is 0.575. The van der Waals surface area contributed by atoms with Crippen LogP contribution in [0.25, 0.3) is 0 Å². The van der Waals surface area contributed by atoms with Crippen molar-refractivity contribution >= 4 is 23.1 Å². The predicted molar refractivity (Wildman–Crippen MR) is 75.7 cm³/mol. The van der Waals surface area contributed by atoms with Gasteiger partial charge in [-0.05, 0) is 36.4 Å². The number of hydrogen-bond donors (Lipinski definition) is 0. The van der Waals surface area contributed by atoms with Gasteiger partial charge >= 0.3 is 0 Å². The van der Waals surface area contributed by atoms with E-state index in [1.165, 1.54) is 0 Å². The summed E-state index contributed by atoms with van der Waals surface area (Å²) in [6, 6.07) is 14.5. The number of carbonyl (C=O) groups excluding carboxylic acids is 1. The first kappa shape index (κ1) is 12.7. The molecule has 2 rings (SSSR count). The number of rotatable bonds is 3. The monoisotopic (exact) mass is 259 g/mol. The van der Waals surface area contributed by atoms with Crippen LogP contribution >= 0.6 is 11.6 Å². The summed E-state index contributed by atoms with van der Waals surface area (Å²) in [7, 11) is 3.93. The van der Waals surface area contributed by atoms with Crippen molar-refractivity contribution in [1.29, 1.82) is 0 Å². The zero-order valence-corrected chi connectivity index (χ0v) is 11.1. The van der Waals surface area contributed by atoms with Crippen molar-refractivity contribution in [3.8, 4) is 0 Å². The molecule has 0 heterocycles. The van der Waals surface area contributed by atoms with Gasteiger partial charge in [0.2, 0.25) is 0 Å². The highest BCUT2D eigenvalue weighted by molar-refractivity contribution is 6.31. The first-order valence-electron chi connectivity index (χ1n) is 5.65. The van der Waals surface area contributed by atoms with Crippen molar-refractivity contribution in [2.24, 2.45) is 0 Å².